The number of nitrogens with zero attached hydrogens (tertiary/aromatic N) is 3. The second kappa shape index (κ2) is 6.58. The number of aromatic nitrogens is 2. The molecular formula is C17H20N4O. The van der Waals surface area contributed by atoms with Crippen molar-refractivity contribution >= 4 is 12.0 Å². The SMILES string of the molecule is CC1CN(C(=O)/C=C/c2ccc(-n3ccnc3)cc2)CCN1. The zero-order chi connectivity index (χ0) is 15.4. The lowest BCUT2D eigenvalue weighted by atomic mass is 10.2. The van der Waals surface area contributed by atoms with E-state index >= 15 is 0 Å². The van der Waals surface area contributed by atoms with Gasteiger partial charge in [0, 0.05) is 49.8 Å². The highest BCUT2D eigenvalue weighted by atomic mass is 16.2. The van der Waals surface area contributed by atoms with Crippen molar-refractivity contribution in [1.29, 1.82) is 0 Å². The average Bonchev–Trinajstić information content (AvgIpc) is 3.07. The molecule has 1 fully saturated rings. The summed E-state index contributed by atoms with van der Waals surface area (Å²) in [5.74, 6) is 0.0760. The molecule has 0 radical (unpaired) electrons. The number of nitrogens with one attached hydrogen (secondary N) is 1. The smallest absolute Gasteiger partial charge is 0.246 e. The number of hydrogen-bond donors (Lipinski definition) is 1. The van der Waals surface area contributed by atoms with E-state index in [1.807, 2.05) is 46.0 Å². The van der Waals surface area contributed by atoms with Crippen LogP contribution in [0.3, 0.4) is 0 Å². The third-order valence-corrected chi connectivity index (χ3v) is 3.79. The molecule has 1 N–H and O–H groups in total. The van der Waals surface area contributed by atoms with Crippen LogP contribution in [0.1, 0.15) is 12.5 Å². The maximum atomic E-state index is 12.2. The van der Waals surface area contributed by atoms with Crippen LogP contribution < -0.4 is 5.32 Å². The summed E-state index contributed by atoms with van der Waals surface area (Å²) in [6, 6.07) is 8.39. The standard InChI is InChI=1S/C17H20N4O/c1-14-12-20(11-9-19-14)17(22)7-4-15-2-5-16(6-3-15)21-10-8-18-13-21/h2-8,10,13-14,19H,9,11-12H2,1H3/b7-4+. The van der Waals surface area contributed by atoms with Crippen molar-refractivity contribution in [1.82, 2.24) is 19.8 Å². The Kier molecular flexibility index (Phi) is 4.34. The van der Waals surface area contributed by atoms with Gasteiger partial charge in [0.15, 0.2) is 0 Å². The molecule has 1 aromatic heterocycles. The molecule has 114 valence electrons. The Bertz CT molecular complexity index is 646. The molecule has 1 aliphatic rings. The van der Waals surface area contributed by atoms with Crippen LogP contribution in [0.4, 0.5) is 0 Å². The van der Waals surface area contributed by atoms with Gasteiger partial charge in [-0.1, -0.05) is 12.1 Å². The molecule has 2 heterocycles. The molecule has 1 amide bonds. The second-order valence-electron chi connectivity index (χ2n) is 5.53. The quantitative estimate of drug-likeness (QED) is 0.877. The van der Waals surface area contributed by atoms with Crippen molar-refractivity contribution in [3.05, 3.63) is 54.6 Å². The molecule has 22 heavy (non-hydrogen) atoms. The van der Waals surface area contributed by atoms with E-state index in [0.717, 1.165) is 30.9 Å². The number of carbonyl (C=O) groups excluding carboxylic acids is 1. The number of hydrogen-bond acceptors (Lipinski definition) is 3. The number of carbonyl (C=O) groups is 1. The Morgan fingerprint density at radius 1 is 1.36 bits per heavy atom. The molecule has 5 nitrogen and oxygen atoms in total. The van der Waals surface area contributed by atoms with Gasteiger partial charge in [-0.3, -0.25) is 4.79 Å². The third-order valence-electron chi connectivity index (χ3n) is 3.79. The van der Waals surface area contributed by atoms with Gasteiger partial charge in [0.05, 0.1) is 6.33 Å². The van der Waals surface area contributed by atoms with E-state index in [1.165, 1.54) is 0 Å². The zero-order valence-corrected chi connectivity index (χ0v) is 12.6. The van der Waals surface area contributed by atoms with Crippen LogP contribution in [0.25, 0.3) is 11.8 Å². The fraction of sp³-hybridized carbons (Fsp3) is 0.294. The third kappa shape index (κ3) is 3.43. The van der Waals surface area contributed by atoms with E-state index in [2.05, 4.69) is 17.2 Å². The van der Waals surface area contributed by atoms with Crippen molar-refractivity contribution in [2.24, 2.45) is 0 Å². The molecule has 3 rings (SSSR count). The lowest BCUT2D eigenvalue weighted by Crippen LogP contribution is -2.50. The molecule has 1 saturated heterocycles. The predicted octanol–water partition coefficient (Wildman–Crippen LogP) is 1.71. The summed E-state index contributed by atoms with van der Waals surface area (Å²) >= 11 is 0. The normalized spacial score (nSPS) is 18.8. The van der Waals surface area contributed by atoms with E-state index in [0.29, 0.717) is 6.04 Å². The minimum Gasteiger partial charge on any atom is -0.336 e. The van der Waals surface area contributed by atoms with Gasteiger partial charge in [-0.05, 0) is 30.7 Å². The second-order valence-corrected chi connectivity index (χ2v) is 5.53. The van der Waals surface area contributed by atoms with E-state index in [4.69, 9.17) is 0 Å². The van der Waals surface area contributed by atoms with E-state index in [-0.39, 0.29) is 5.91 Å². The van der Waals surface area contributed by atoms with Crippen molar-refractivity contribution in [3.8, 4) is 5.69 Å². The highest BCUT2D eigenvalue weighted by Crippen LogP contribution is 2.11. The average molecular weight is 296 g/mol. The van der Waals surface area contributed by atoms with E-state index in [9.17, 15) is 4.79 Å². The molecule has 0 saturated carbocycles. The number of imidazole rings is 1. The first-order valence-corrected chi connectivity index (χ1v) is 7.51. The first kappa shape index (κ1) is 14.5. The van der Waals surface area contributed by atoms with Gasteiger partial charge in [0.1, 0.15) is 0 Å². The lowest BCUT2D eigenvalue weighted by molar-refractivity contribution is -0.127. The Morgan fingerprint density at radius 3 is 2.86 bits per heavy atom. The van der Waals surface area contributed by atoms with Crippen LogP contribution in [0.5, 0.6) is 0 Å². The highest BCUT2D eigenvalue weighted by Gasteiger charge is 2.18. The monoisotopic (exact) mass is 296 g/mol. The topological polar surface area (TPSA) is 50.2 Å². The van der Waals surface area contributed by atoms with Crippen LogP contribution in [0.15, 0.2) is 49.1 Å². The number of benzene rings is 1. The molecule has 0 spiro atoms. The van der Waals surface area contributed by atoms with Crippen LogP contribution >= 0.6 is 0 Å². The lowest BCUT2D eigenvalue weighted by Gasteiger charge is -2.31. The number of piperazine rings is 1. The van der Waals surface area contributed by atoms with Gasteiger partial charge in [-0.2, -0.15) is 0 Å². The molecule has 1 aromatic carbocycles. The first-order chi connectivity index (χ1) is 10.7. The van der Waals surface area contributed by atoms with Gasteiger partial charge in [-0.25, -0.2) is 4.98 Å². The van der Waals surface area contributed by atoms with Crippen molar-refractivity contribution < 1.29 is 4.79 Å². The molecule has 0 aliphatic carbocycles. The van der Waals surface area contributed by atoms with Gasteiger partial charge in [0.2, 0.25) is 5.91 Å². The Labute approximate surface area is 130 Å². The summed E-state index contributed by atoms with van der Waals surface area (Å²) in [6.07, 6.45) is 8.94. The molecule has 1 aliphatic heterocycles. The molecular weight excluding hydrogens is 276 g/mol. The summed E-state index contributed by atoms with van der Waals surface area (Å²) in [7, 11) is 0. The highest BCUT2D eigenvalue weighted by molar-refractivity contribution is 5.91. The Balaban J connectivity index is 1.64. The fourth-order valence-corrected chi connectivity index (χ4v) is 2.57. The summed E-state index contributed by atoms with van der Waals surface area (Å²) in [5.41, 5.74) is 2.07. The number of amides is 1. The van der Waals surface area contributed by atoms with Gasteiger partial charge in [-0.15, -0.1) is 0 Å². The zero-order valence-electron chi connectivity index (χ0n) is 12.6. The van der Waals surface area contributed by atoms with Crippen LogP contribution in [0, 0.1) is 0 Å². The van der Waals surface area contributed by atoms with Crippen molar-refractivity contribution in [2.75, 3.05) is 19.6 Å². The van der Waals surface area contributed by atoms with Crippen LogP contribution in [0.2, 0.25) is 0 Å². The Hall–Kier alpha value is -2.40. The largest absolute Gasteiger partial charge is 0.336 e. The molecule has 5 heteroatoms. The van der Waals surface area contributed by atoms with Crippen molar-refractivity contribution in [3.63, 3.8) is 0 Å². The van der Waals surface area contributed by atoms with Gasteiger partial charge < -0.3 is 14.8 Å². The summed E-state index contributed by atoms with van der Waals surface area (Å²) in [5, 5.41) is 3.33. The van der Waals surface area contributed by atoms with Gasteiger partial charge in [0.25, 0.3) is 0 Å². The molecule has 0 bridgehead atoms. The van der Waals surface area contributed by atoms with Crippen LogP contribution in [-0.4, -0.2) is 46.0 Å². The van der Waals surface area contributed by atoms with Crippen LogP contribution in [-0.2, 0) is 4.79 Å². The summed E-state index contributed by atoms with van der Waals surface area (Å²) in [4.78, 5) is 18.1. The predicted molar refractivity (Wildman–Crippen MR) is 86.6 cm³/mol. The number of rotatable bonds is 3. The molecule has 1 atom stereocenters. The Morgan fingerprint density at radius 2 is 2.18 bits per heavy atom. The summed E-state index contributed by atoms with van der Waals surface area (Å²) < 4.78 is 1.95. The molecule has 1 unspecified atom stereocenters. The first-order valence-electron chi connectivity index (χ1n) is 7.51. The maximum absolute atomic E-state index is 12.2. The van der Waals surface area contributed by atoms with E-state index < -0.39 is 0 Å². The van der Waals surface area contributed by atoms with Gasteiger partial charge >= 0.3 is 0 Å². The maximum Gasteiger partial charge on any atom is 0.246 e. The van der Waals surface area contributed by atoms with Crippen molar-refractivity contribution in [2.45, 2.75) is 13.0 Å². The summed E-state index contributed by atoms with van der Waals surface area (Å²) in [6.45, 7) is 4.49. The molecule has 2 aromatic rings. The fourth-order valence-electron chi connectivity index (χ4n) is 2.57. The minimum atomic E-state index is 0.0760. The van der Waals surface area contributed by atoms with E-state index in [1.54, 1.807) is 18.6 Å². The minimum absolute atomic E-state index is 0.0760.